The minimum absolute atomic E-state index is 0.00128. The molecule has 0 atom stereocenters. The summed E-state index contributed by atoms with van der Waals surface area (Å²) >= 11 is 0. The van der Waals surface area contributed by atoms with Crippen molar-refractivity contribution in [2.45, 2.75) is 6.92 Å². The van der Waals surface area contributed by atoms with Gasteiger partial charge in [0.05, 0.1) is 18.1 Å². The van der Waals surface area contributed by atoms with Gasteiger partial charge in [-0.3, -0.25) is 4.79 Å². The van der Waals surface area contributed by atoms with Gasteiger partial charge in [0.1, 0.15) is 11.4 Å². The molecule has 1 N–H and O–H groups in total. The van der Waals surface area contributed by atoms with E-state index in [1.54, 1.807) is 7.11 Å². The third kappa shape index (κ3) is 3.24. The number of aromatic nitrogens is 2. The van der Waals surface area contributed by atoms with Crippen molar-refractivity contribution in [3.8, 4) is 5.75 Å². The van der Waals surface area contributed by atoms with Gasteiger partial charge in [0, 0.05) is 48.3 Å². The van der Waals surface area contributed by atoms with Crippen LogP contribution < -0.4 is 9.64 Å². The Hall–Kier alpha value is -3.54. The van der Waals surface area contributed by atoms with E-state index < -0.39 is 0 Å². The maximum atomic E-state index is 13.1. The molecule has 1 aliphatic rings. The lowest BCUT2D eigenvalue weighted by atomic mass is 10.1. The number of carbonyl (C=O) groups excluding carboxylic acids is 1. The van der Waals surface area contributed by atoms with Crippen LogP contribution in [0.25, 0.3) is 21.8 Å². The van der Waals surface area contributed by atoms with Crippen molar-refractivity contribution in [3.63, 3.8) is 0 Å². The normalized spacial score (nSPS) is 14.5. The van der Waals surface area contributed by atoms with Crippen molar-refractivity contribution in [3.05, 3.63) is 66.0 Å². The molecule has 1 aliphatic heterocycles. The molecule has 0 saturated carbocycles. The van der Waals surface area contributed by atoms with Crippen LogP contribution in [-0.4, -0.2) is 54.1 Å². The van der Waals surface area contributed by atoms with Crippen molar-refractivity contribution >= 4 is 33.4 Å². The first-order valence-electron chi connectivity index (χ1n) is 10.2. The predicted octanol–water partition coefficient (Wildman–Crippen LogP) is 4.00. The molecule has 0 spiro atoms. The second kappa shape index (κ2) is 7.37. The maximum absolute atomic E-state index is 13.1. The zero-order valence-electron chi connectivity index (χ0n) is 17.2. The lowest BCUT2D eigenvalue weighted by Crippen LogP contribution is -2.48. The van der Waals surface area contributed by atoms with E-state index in [-0.39, 0.29) is 5.91 Å². The largest absolute Gasteiger partial charge is 0.497 e. The second-order valence-electron chi connectivity index (χ2n) is 7.73. The maximum Gasteiger partial charge on any atom is 0.272 e. The van der Waals surface area contributed by atoms with E-state index in [4.69, 9.17) is 9.72 Å². The molecule has 30 heavy (non-hydrogen) atoms. The van der Waals surface area contributed by atoms with E-state index in [1.165, 1.54) is 0 Å². The number of ether oxygens (including phenoxy) is 1. The van der Waals surface area contributed by atoms with Gasteiger partial charge in [-0.15, -0.1) is 0 Å². The summed E-state index contributed by atoms with van der Waals surface area (Å²) in [6.45, 7) is 4.98. The van der Waals surface area contributed by atoms with Crippen LogP contribution in [0.1, 0.15) is 16.2 Å². The van der Waals surface area contributed by atoms with Crippen LogP contribution in [0.15, 0.2) is 54.6 Å². The molecule has 0 unspecified atom stereocenters. The quantitative estimate of drug-likeness (QED) is 0.565. The number of carbonyl (C=O) groups is 1. The number of pyridine rings is 1. The van der Waals surface area contributed by atoms with Crippen LogP contribution in [0.3, 0.4) is 0 Å². The van der Waals surface area contributed by atoms with Gasteiger partial charge >= 0.3 is 0 Å². The van der Waals surface area contributed by atoms with Gasteiger partial charge in [-0.05, 0) is 43.3 Å². The van der Waals surface area contributed by atoms with E-state index >= 15 is 0 Å². The molecule has 0 aliphatic carbocycles. The Morgan fingerprint density at radius 3 is 2.40 bits per heavy atom. The van der Waals surface area contributed by atoms with Gasteiger partial charge in [0.25, 0.3) is 5.91 Å². The summed E-state index contributed by atoms with van der Waals surface area (Å²) in [6, 6.07) is 18.2. The van der Waals surface area contributed by atoms with Crippen molar-refractivity contribution in [2.24, 2.45) is 0 Å². The molecule has 3 heterocycles. The number of benzene rings is 2. The number of rotatable bonds is 3. The predicted molar refractivity (Wildman–Crippen MR) is 119 cm³/mol. The average Bonchev–Trinajstić information content (AvgIpc) is 3.24. The fourth-order valence-corrected chi connectivity index (χ4v) is 4.12. The highest BCUT2D eigenvalue weighted by molar-refractivity contribution is 6.07. The summed E-state index contributed by atoms with van der Waals surface area (Å²) in [5, 5.41) is 2.09. The lowest BCUT2D eigenvalue weighted by Gasteiger charge is -2.35. The summed E-state index contributed by atoms with van der Waals surface area (Å²) < 4.78 is 5.23. The highest BCUT2D eigenvalue weighted by Gasteiger charge is 2.24. The van der Waals surface area contributed by atoms with Crippen LogP contribution >= 0.6 is 0 Å². The number of piperazine rings is 1. The summed E-state index contributed by atoms with van der Waals surface area (Å²) in [5.41, 5.74) is 4.58. The van der Waals surface area contributed by atoms with E-state index in [1.807, 2.05) is 42.2 Å². The third-order valence-electron chi connectivity index (χ3n) is 5.82. The van der Waals surface area contributed by atoms with Gasteiger partial charge in [-0.1, -0.05) is 18.2 Å². The summed E-state index contributed by atoms with van der Waals surface area (Å²) in [6.07, 6.45) is 0. The zero-order valence-corrected chi connectivity index (χ0v) is 17.2. The first-order chi connectivity index (χ1) is 14.6. The Kier molecular flexibility index (Phi) is 4.54. The van der Waals surface area contributed by atoms with Crippen LogP contribution in [0.4, 0.5) is 5.69 Å². The first-order valence-corrected chi connectivity index (χ1v) is 10.2. The Morgan fingerprint density at radius 1 is 0.967 bits per heavy atom. The Balaban J connectivity index is 1.34. The lowest BCUT2D eigenvalue weighted by molar-refractivity contribution is 0.0742. The smallest absolute Gasteiger partial charge is 0.272 e. The van der Waals surface area contributed by atoms with Gasteiger partial charge in [0.15, 0.2) is 0 Å². The minimum atomic E-state index is 0.00128. The zero-order chi connectivity index (χ0) is 20.7. The Morgan fingerprint density at radius 2 is 1.67 bits per heavy atom. The van der Waals surface area contributed by atoms with Gasteiger partial charge in [-0.2, -0.15) is 0 Å². The molecule has 2 aromatic heterocycles. The number of aromatic amines is 1. The third-order valence-corrected chi connectivity index (χ3v) is 5.82. The number of hydrogen-bond donors (Lipinski definition) is 1. The minimum Gasteiger partial charge on any atom is -0.497 e. The van der Waals surface area contributed by atoms with Crippen molar-refractivity contribution in [1.82, 2.24) is 14.9 Å². The van der Waals surface area contributed by atoms with Gasteiger partial charge < -0.3 is 19.5 Å². The second-order valence-corrected chi connectivity index (χ2v) is 7.73. The molecule has 6 heteroatoms. The Labute approximate surface area is 175 Å². The van der Waals surface area contributed by atoms with E-state index in [0.29, 0.717) is 18.8 Å². The van der Waals surface area contributed by atoms with E-state index in [2.05, 4.69) is 34.1 Å². The first kappa shape index (κ1) is 18.5. The number of anilines is 1. The highest BCUT2D eigenvalue weighted by Crippen LogP contribution is 2.26. The topological polar surface area (TPSA) is 61.5 Å². The molecule has 0 radical (unpaired) electrons. The molecule has 0 bridgehead atoms. The van der Waals surface area contributed by atoms with E-state index in [9.17, 15) is 4.79 Å². The number of hydrogen-bond acceptors (Lipinski definition) is 4. The van der Waals surface area contributed by atoms with Crippen molar-refractivity contribution in [2.75, 3.05) is 38.2 Å². The Bertz CT molecular complexity index is 1220. The number of amides is 1. The SMILES string of the molecule is COc1ccc(N2CCN(C(=O)c3cc4ccc5ccc(C)[nH]c5c4n3)CC2)cc1. The van der Waals surface area contributed by atoms with Crippen molar-refractivity contribution < 1.29 is 9.53 Å². The van der Waals surface area contributed by atoms with Gasteiger partial charge in [0.2, 0.25) is 0 Å². The summed E-state index contributed by atoms with van der Waals surface area (Å²) in [7, 11) is 1.67. The monoisotopic (exact) mass is 400 g/mol. The van der Waals surface area contributed by atoms with Crippen LogP contribution in [-0.2, 0) is 0 Å². The highest BCUT2D eigenvalue weighted by atomic mass is 16.5. The molecular weight excluding hydrogens is 376 g/mol. The number of methoxy groups -OCH3 is 1. The molecule has 5 rings (SSSR count). The molecule has 1 saturated heterocycles. The molecule has 1 fully saturated rings. The van der Waals surface area contributed by atoms with Crippen molar-refractivity contribution in [1.29, 1.82) is 0 Å². The van der Waals surface area contributed by atoms with Crippen LogP contribution in [0, 0.1) is 6.92 Å². The summed E-state index contributed by atoms with van der Waals surface area (Å²) in [5.74, 6) is 0.850. The molecule has 6 nitrogen and oxygen atoms in total. The molecule has 2 aromatic carbocycles. The fourth-order valence-electron chi connectivity index (χ4n) is 4.12. The van der Waals surface area contributed by atoms with Gasteiger partial charge in [-0.25, -0.2) is 4.98 Å². The number of fused-ring (bicyclic) bond motifs is 3. The van der Waals surface area contributed by atoms with Crippen LogP contribution in [0.2, 0.25) is 0 Å². The molecule has 1 amide bonds. The van der Waals surface area contributed by atoms with Crippen LogP contribution in [0.5, 0.6) is 5.75 Å². The van der Waals surface area contributed by atoms with E-state index in [0.717, 1.165) is 52.0 Å². The standard InChI is InChI=1S/C24H24N4O2/c1-16-3-4-17-5-6-18-15-21(26-23(18)22(17)25-16)24(29)28-13-11-27(12-14-28)19-7-9-20(30-2)10-8-19/h3-10,15,25H,11-14H2,1-2H3. The average molecular weight is 400 g/mol. The molecular formula is C24H24N4O2. The summed E-state index contributed by atoms with van der Waals surface area (Å²) in [4.78, 5) is 25.4. The molecule has 4 aromatic rings. The number of aryl methyl sites for hydroxylation is 1. The number of H-pyrrole nitrogens is 1. The number of nitrogens with zero attached hydrogens (tertiary/aromatic N) is 3. The number of nitrogens with one attached hydrogen (secondary N) is 1. The fraction of sp³-hybridized carbons (Fsp3) is 0.250. The molecule has 152 valence electrons.